The smallest absolute Gasteiger partial charge is 0.109 e. The van der Waals surface area contributed by atoms with Gasteiger partial charge in [-0.1, -0.05) is 35.7 Å². The first-order valence-corrected chi connectivity index (χ1v) is 8.84. The van der Waals surface area contributed by atoms with Crippen molar-refractivity contribution in [2.24, 2.45) is 0 Å². The zero-order valence-electron chi connectivity index (χ0n) is 15.8. The molecule has 0 amide bonds. The van der Waals surface area contributed by atoms with Crippen LogP contribution < -0.4 is 0 Å². The molecule has 0 aromatic heterocycles. The van der Waals surface area contributed by atoms with E-state index in [1.807, 2.05) is 0 Å². The van der Waals surface area contributed by atoms with E-state index in [-0.39, 0.29) is 26.4 Å². The Hall–Kier alpha value is -2.34. The van der Waals surface area contributed by atoms with Gasteiger partial charge in [0.25, 0.3) is 0 Å². The van der Waals surface area contributed by atoms with E-state index < -0.39 is 0 Å². The fourth-order valence-corrected chi connectivity index (χ4v) is 2.80. The van der Waals surface area contributed by atoms with Crippen molar-refractivity contribution in [3.05, 3.63) is 33.9 Å². The highest BCUT2D eigenvalue weighted by Gasteiger charge is 2.24. The summed E-state index contributed by atoms with van der Waals surface area (Å²) in [6, 6.07) is 2.05. The van der Waals surface area contributed by atoms with Crippen LogP contribution in [0.4, 0.5) is 0 Å². The fourth-order valence-electron chi connectivity index (χ4n) is 2.80. The molecular formula is C22H24O6. The number of ether oxygens (including phenoxy) is 4. The van der Waals surface area contributed by atoms with Crippen LogP contribution >= 0.6 is 0 Å². The molecule has 148 valence electrons. The normalized spacial score (nSPS) is 13.0. The van der Waals surface area contributed by atoms with Crippen molar-refractivity contribution < 1.29 is 29.2 Å². The maximum absolute atomic E-state index is 9.24. The van der Waals surface area contributed by atoms with E-state index in [1.165, 1.54) is 22.3 Å². The van der Waals surface area contributed by atoms with Crippen LogP contribution in [0.2, 0.25) is 0 Å². The molecule has 6 heteroatoms. The minimum absolute atomic E-state index is 0.0962. The van der Waals surface area contributed by atoms with Crippen molar-refractivity contribution in [1.82, 2.24) is 0 Å². The van der Waals surface area contributed by atoms with Gasteiger partial charge in [0.05, 0.1) is 33.0 Å². The molecule has 6 nitrogen and oxygen atoms in total. The van der Waals surface area contributed by atoms with Gasteiger partial charge in [0.2, 0.25) is 0 Å². The summed E-state index contributed by atoms with van der Waals surface area (Å²) >= 11 is 0. The van der Waals surface area contributed by atoms with Crippen LogP contribution in [0.15, 0.2) is 6.07 Å². The average molecular weight is 384 g/mol. The predicted octanol–water partition coefficient (Wildman–Crippen LogP) is 0.891. The number of fused-ring (bicyclic) bond motifs is 3. The minimum atomic E-state index is -0.144. The second-order valence-corrected chi connectivity index (χ2v) is 5.83. The third-order valence-corrected chi connectivity index (χ3v) is 4.06. The molecule has 2 heterocycles. The van der Waals surface area contributed by atoms with Gasteiger partial charge in [-0.2, -0.15) is 0 Å². The molecule has 0 aliphatic carbocycles. The Balaban J connectivity index is 0.000000200. The Kier molecular flexibility index (Phi) is 10.1. The average Bonchev–Trinajstić information content (AvgIpc) is 3.38. The summed E-state index contributed by atoms with van der Waals surface area (Å²) < 4.78 is 20.7. The molecular weight excluding hydrogens is 360 g/mol. The fraction of sp³-hybridized carbons (Fsp3) is 0.455. The van der Waals surface area contributed by atoms with Crippen LogP contribution in [-0.2, 0) is 52.0 Å². The molecule has 2 aliphatic heterocycles. The highest BCUT2D eigenvalue weighted by molar-refractivity contribution is 5.47. The molecule has 0 bridgehead atoms. The molecule has 0 saturated heterocycles. The number of aliphatic hydroxyl groups excluding tert-OH is 2. The lowest BCUT2D eigenvalue weighted by Gasteiger charge is -2.08. The third-order valence-electron chi connectivity index (χ3n) is 4.06. The van der Waals surface area contributed by atoms with Gasteiger partial charge in [-0.25, -0.2) is 0 Å². The first-order valence-electron chi connectivity index (χ1n) is 8.84. The van der Waals surface area contributed by atoms with Crippen molar-refractivity contribution in [2.75, 3.05) is 33.0 Å². The lowest BCUT2D eigenvalue weighted by atomic mass is 9.95. The van der Waals surface area contributed by atoms with Gasteiger partial charge in [-0.3, -0.25) is 0 Å². The van der Waals surface area contributed by atoms with Gasteiger partial charge in [-0.05, 0) is 27.8 Å². The van der Waals surface area contributed by atoms with E-state index in [0.717, 1.165) is 5.56 Å². The van der Waals surface area contributed by atoms with Crippen LogP contribution in [0, 0.1) is 36.0 Å². The number of hydrogen-bond acceptors (Lipinski definition) is 6. The van der Waals surface area contributed by atoms with Gasteiger partial charge in [0.1, 0.15) is 33.0 Å². The largest absolute Gasteiger partial charge is 0.392 e. The second kappa shape index (κ2) is 12.9. The Morgan fingerprint density at radius 1 is 0.821 bits per heavy atom. The molecule has 1 aromatic carbocycles. The summed E-state index contributed by atoms with van der Waals surface area (Å²) in [6.45, 7) is 3.82. The molecule has 0 fully saturated rings. The van der Waals surface area contributed by atoms with Crippen molar-refractivity contribution in [2.45, 2.75) is 33.0 Å². The van der Waals surface area contributed by atoms with Gasteiger partial charge in [0, 0.05) is 0 Å². The van der Waals surface area contributed by atoms with E-state index in [1.54, 1.807) is 0 Å². The number of rotatable bonds is 5. The van der Waals surface area contributed by atoms with Crippen LogP contribution in [-0.4, -0.2) is 43.2 Å². The van der Waals surface area contributed by atoms with Gasteiger partial charge in [0.15, 0.2) is 0 Å². The topological polar surface area (TPSA) is 77.4 Å². The van der Waals surface area contributed by atoms with Crippen molar-refractivity contribution >= 4 is 0 Å². The standard InChI is InChI=1S/2C11H12O3/c12-2-7-1-8-3-13-5-10(8)11-6-14-4-9(7)11;1-2-8-13-10-5-6-11-14-9-4-3-7-12/h1,12H,2-6H2;1,12H,7-11H2. The Morgan fingerprint density at radius 2 is 1.43 bits per heavy atom. The molecule has 28 heavy (non-hydrogen) atoms. The summed E-state index contributed by atoms with van der Waals surface area (Å²) in [5.74, 6) is 12.8. The lowest BCUT2D eigenvalue weighted by Crippen LogP contribution is -1.99. The zero-order chi connectivity index (χ0) is 20.0. The number of terminal acetylenes is 1. The maximum atomic E-state index is 9.24. The summed E-state index contributed by atoms with van der Waals surface area (Å²) in [7, 11) is 0. The van der Waals surface area contributed by atoms with Gasteiger partial charge in [-0.15, -0.1) is 6.42 Å². The highest BCUT2D eigenvalue weighted by atomic mass is 16.5. The summed E-state index contributed by atoms with van der Waals surface area (Å²) in [5, 5.41) is 17.5. The molecule has 0 unspecified atom stereocenters. The van der Waals surface area contributed by atoms with Gasteiger partial charge < -0.3 is 29.2 Å². The van der Waals surface area contributed by atoms with Crippen molar-refractivity contribution in [3.8, 4) is 36.0 Å². The number of aliphatic hydroxyl groups is 2. The van der Waals surface area contributed by atoms with E-state index in [0.29, 0.717) is 39.6 Å². The molecule has 1 aromatic rings. The molecule has 0 radical (unpaired) electrons. The minimum Gasteiger partial charge on any atom is -0.392 e. The van der Waals surface area contributed by atoms with Crippen LogP contribution in [0.1, 0.15) is 27.8 Å². The highest BCUT2D eigenvalue weighted by Crippen LogP contribution is 2.33. The van der Waals surface area contributed by atoms with Crippen LogP contribution in [0.3, 0.4) is 0 Å². The molecule has 2 N–H and O–H groups in total. The van der Waals surface area contributed by atoms with E-state index in [9.17, 15) is 5.11 Å². The third kappa shape index (κ3) is 6.68. The second-order valence-electron chi connectivity index (χ2n) is 5.83. The summed E-state index contributed by atoms with van der Waals surface area (Å²) in [4.78, 5) is 0. The first-order chi connectivity index (χ1) is 13.8. The summed E-state index contributed by atoms with van der Waals surface area (Å²) in [6.07, 6.45) is 4.95. The Labute approximate surface area is 165 Å². The number of hydrogen-bond donors (Lipinski definition) is 2. The quantitative estimate of drug-likeness (QED) is 0.580. The van der Waals surface area contributed by atoms with E-state index >= 15 is 0 Å². The SMILES string of the molecule is C#CCOCC#CCOCC#CCO.OCc1cc2c(c3c1COC3)COC2. The zero-order valence-corrected chi connectivity index (χ0v) is 15.8. The molecule has 0 spiro atoms. The monoisotopic (exact) mass is 384 g/mol. The summed E-state index contributed by atoms with van der Waals surface area (Å²) in [5.41, 5.74) is 5.94. The first kappa shape index (κ1) is 22.0. The molecule has 2 aliphatic rings. The number of benzene rings is 1. The van der Waals surface area contributed by atoms with E-state index in [4.69, 9.17) is 30.5 Å². The van der Waals surface area contributed by atoms with E-state index in [2.05, 4.69) is 35.7 Å². The van der Waals surface area contributed by atoms with Gasteiger partial charge >= 0.3 is 0 Å². The molecule has 0 saturated carbocycles. The van der Waals surface area contributed by atoms with Crippen LogP contribution in [0.25, 0.3) is 0 Å². The van der Waals surface area contributed by atoms with Crippen molar-refractivity contribution in [1.29, 1.82) is 0 Å². The van der Waals surface area contributed by atoms with Crippen LogP contribution in [0.5, 0.6) is 0 Å². The molecule has 3 rings (SSSR count). The molecule has 0 atom stereocenters. The Morgan fingerprint density at radius 3 is 2.11 bits per heavy atom. The Bertz CT molecular complexity index is 801. The lowest BCUT2D eigenvalue weighted by molar-refractivity contribution is 0.126. The predicted molar refractivity (Wildman–Crippen MR) is 102 cm³/mol. The maximum Gasteiger partial charge on any atom is 0.109 e. The van der Waals surface area contributed by atoms with Crippen molar-refractivity contribution in [3.63, 3.8) is 0 Å².